The summed E-state index contributed by atoms with van der Waals surface area (Å²) >= 11 is 6.42. The van der Waals surface area contributed by atoms with E-state index in [-0.39, 0.29) is 28.8 Å². The Balaban J connectivity index is 1.40. The van der Waals surface area contributed by atoms with E-state index in [1.165, 1.54) is 31.0 Å². The molecule has 4 atom stereocenters. The van der Waals surface area contributed by atoms with E-state index in [1.807, 2.05) is 18.2 Å². The smallest absolute Gasteiger partial charge is 0.407 e. The minimum Gasteiger partial charge on any atom is -0.490 e. The Labute approximate surface area is 287 Å². The zero-order valence-corrected chi connectivity index (χ0v) is 29.2. The fourth-order valence-electron chi connectivity index (χ4n) is 7.30. The van der Waals surface area contributed by atoms with Crippen molar-refractivity contribution >= 4 is 39.3 Å². The Kier molecular flexibility index (Phi) is 10.00. The molecule has 2 aliphatic heterocycles. The zero-order chi connectivity index (χ0) is 34.1. The van der Waals surface area contributed by atoms with Gasteiger partial charge in [0.2, 0.25) is 0 Å². The number of anilines is 1. The third kappa shape index (κ3) is 7.17. The third-order valence-corrected chi connectivity index (χ3v) is 11.7. The highest BCUT2D eigenvalue weighted by Crippen LogP contribution is 2.47. The molecule has 0 unspecified atom stereocenters. The summed E-state index contributed by atoms with van der Waals surface area (Å²) in [5.41, 5.74) is 1.21. The molecule has 2 N–H and O–H groups in total. The van der Waals surface area contributed by atoms with Crippen molar-refractivity contribution in [2.75, 3.05) is 51.5 Å². The molecule has 48 heavy (non-hydrogen) atoms. The van der Waals surface area contributed by atoms with Crippen LogP contribution in [0.15, 0.2) is 53.4 Å². The van der Waals surface area contributed by atoms with E-state index >= 15 is 0 Å². The molecule has 13 heteroatoms. The minimum absolute atomic E-state index is 0.00609. The van der Waals surface area contributed by atoms with Gasteiger partial charge in [-0.2, -0.15) is 0 Å². The van der Waals surface area contributed by atoms with Gasteiger partial charge in [-0.1, -0.05) is 23.7 Å². The number of sulfonamides is 1. The normalized spacial score (nSPS) is 28.4. The van der Waals surface area contributed by atoms with Crippen LogP contribution in [-0.4, -0.2) is 78.7 Å². The van der Waals surface area contributed by atoms with Crippen molar-refractivity contribution in [2.24, 2.45) is 11.8 Å². The molecule has 2 aromatic rings. The summed E-state index contributed by atoms with van der Waals surface area (Å²) in [4.78, 5) is 28.2. The molecule has 11 nitrogen and oxygen atoms in total. The number of rotatable bonds is 4. The number of halogens is 1. The fraction of sp³-hybridized carbons (Fsp3) is 0.543. The summed E-state index contributed by atoms with van der Waals surface area (Å²) in [5, 5.41) is 3.44. The van der Waals surface area contributed by atoms with E-state index in [0.717, 1.165) is 32.1 Å². The lowest BCUT2D eigenvalue weighted by molar-refractivity contribution is -0.139. The molecule has 0 radical (unpaired) electrons. The number of alkyl carbamates (subject to hydrolysis) is 1. The van der Waals surface area contributed by atoms with Crippen molar-refractivity contribution in [3.05, 3.63) is 64.7 Å². The largest absolute Gasteiger partial charge is 0.490 e. The van der Waals surface area contributed by atoms with Crippen LogP contribution in [0.2, 0.25) is 5.02 Å². The van der Waals surface area contributed by atoms with Crippen LogP contribution in [0.4, 0.5) is 10.5 Å². The second-order valence-corrected chi connectivity index (χ2v) is 15.8. The highest BCUT2D eigenvalue weighted by Gasteiger charge is 2.45. The second kappa shape index (κ2) is 13.9. The van der Waals surface area contributed by atoms with Gasteiger partial charge in [0.15, 0.2) is 0 Å². The molecule has 2 aliphatic carbocycles. The van der Waals surface area contributed by atoms with Crippen molar-refractivity contribution in [1.29, 1.82) is 0 Å². The molecular formula is C35H44ClN3O8S. The molecule has 2 heterocycles. The molecule has 1 spiro atoms. The van der Waals surface area contributed by atoms with Crippen molar-refractivity contribution in [3.8, 4) is 5.75 Å². The lowest BCUT2D eigenvalue weighted by Crippen LogP contribution is -2.50. The average Bonchev–Trinajstić information content (AvgIpc) is 3.17. The highest BCUT2D eigenvalue weighted by molar-refractivity contribution is 7.90. The molecule has 1 fully saturated rings. The van der Waals surface area contributed by atoms with Crippen LogP contribution in [0, 0.1) is 11.8 Å². The Morgan fingerprint density at radius 1 is 1.19 bits per heavy atom. The number of nitrogens with zero attached hydrogens (tertiary/aromatic N) is 1. The van der Waals surface area contributed by atoms with Gasteiger partial charge in [-0.15, -0.1) is 0 Å². The predicted octanol–water partition coefficient (Wildman–Crippen LogP) is 4.75. The summed E-state index contributed by atoms with van der Waals surface area (Å²) in [6, 6.07) is 10.8. The SMILES string of the molecule is COCCNC(=O)O[C@H]1/C=C\COC(C)(C)C(=O)NS(=O)(=O)c2ccc3c(c2)N(C[C@@H]2CC[C@H]21)C[C@@]1(CCCc2cc(Cl)ccc21)CO3. The van der Waals surface area contributed by atoms with Gasteiger partial charge in [0.05, 0.1) is 30.4 Å². The van der Waals surface area contributed by atoms with E-state index in [0.29, 0.717) is 49.3 Å². The third-order valence-electron chi connectivity index (χ3n) is 10.1. The van der Waals surface area contributed by atoms with Crippen LogP contribution in [-0.2, 0) is 40.9 Å². The monoisotopic (exact) mass is 701 g/mol. The standard InChI is InChI=1S/C35H44ClN3O8S/c1-34(2)32(40)38-48(42,43)26-10-13-31-29(19-26)39(21-35(22-45-31)14-4-6-23-18-25(36)9-12-28(23)35)20-24-8-11-27(24)30(7-5-16-46-34)47-33(41)37-15-17-44-3/h5,7,9-10,12-13,18-19,24,27,30H,4,6,8,11,14-17,20-22H2,1-3H3,(H,37,41)(H,38,40)/b7-5-/t24-,27+,30-,35-/m0/s1. The maximum atomic E-state index is 13.6. The first-order chi connectivity index (χ1) is 22.9. The summed E-state index contributed by atoms with van der Waals surface area (Å²) in [7, 11) is -2.68. The number of benzene rings is 2. The van der Waals surface area contributed by atoms with E-state index in [9.17, 15) is 18.0 Å². The molecule has 4 aliphatic rings. The lowest BCUT2D eigenvalue weighted by atomic mass is 9.68. The molecular weight excluding hydrogens is 658 g/mol. The fourth-order valence-corrected chi connectivity index (χ4v) is 8.62. The number of methoxy groups -OCH3 is 1. The van der Waals surface area contributed by atoms with Gasteiger partial charge >= 0.3 is 6.09 Å². The van der Waals surface area contributed by atoms with Crippen molar-refractivity contribution in [3.63, 3.8) is 0 Å². The van der Waals surface area contributed by atoms with Gasteiger partial charge in [-0.05, 0) is 99.4 Å². The van der Waals surface area contributed by atoms with Gasteiger partial charge in [0.25, 0.3) is 15.9 Å². The van der Waals surface area contributed by atoms with Crippen molar-refractivity contribution < 1.29 is 37.0 Å². The number of carbonyl (C=O) groups is 2. The van der Waals surface area contributed by atoms with Crippen LogP contribution >= 0.6 is 11.6 Å². The number of nitrogens with one attached hydrogen (secondary N) is 2. The maximum absolute atomic E-state index is 13.6. The van der Waals surface area contributed by atoms with E-state index in [2.05, 4.69) is 21.0 Å². The average molecular weight is 702 g/mol. The Hall–Kier alpha value is -3.32. The van der Waals surface area contributed by atoms with E-state index in [1.54, 1.807) is 25.3 Å². The van der Waals surface area contributed by atoms with Gasteiger partial charge in [0.1, 0.15) is 17.5 Å². The predicted molar refractivity (Wildman–Crippen MR) is 181 cm³/mol. The molecule has 2 amide bonds. The Morgan fingerprint density at radius 3 is 2.79 bits per heavy atom. The first-order valence-corrected chi connectivity index (χ1v) is 18.4. The molecule has 0 aromatic heterocycles. The van der Waals surface area contributed by atoms with E-state index < -0.39 is 33.7 Å². The van der Waals surface area contributed by atoms with Crippen LogP contribution in [0.5, 0.6) is 5.75 Å². The maximum Gasteiger partial charge on any atom is 0.407 e. The summed E-state index contributed by atoms with van der Waals surface area (Å²) in [6.07, 6.45) is 6.99. The number of fused-ring (bicyclic) bond motifs is 4. The number of aryl methyl sites for hydroxylation is 1. The van der Waals surface area contributed by atoms with Crippen LogP contribution in [0.1, 0.15) is 50.7 Å². The number of amides is 2. The minimum atomic E-state index is -4.24. The summed E-state index contributed by atoms with van der Waals surface area (Å²) < 4.78 is 52.8. The van der Waals surface area contributed by atoms with Crippen molar-refractivity contribution in [2.45, 2.75) is 68.0 Å². The number of ether oxygens (including phenoxy) is 4. The van der Waals surface area contributed by atoms with Gasteiger partial charge in [-0.3, -0.25) is 4.79 Å². The van der Waals surface area contributed by atoms with Gasteiger partial charge in [0, 0.05) is 43.1 Å². The molecule has 1 saturated carbocycles. The van der Waals surface area contributed by atoms with Crippen LogP contribution in [0.3, 0.4) is 0 Å². The number of hydrogen-bond donors (Lipinski definition) is 2. The van der Waals surface area contributed by atoms with E-state index in [4.69, 9.17) is 30.5 Å². The number of hydrogen-bond acceptors (Lipinski definition) is 9. The molecule has 2 aromatic carbocycles. The van der Waals surface area contributed by atoms with Gasteiger partial charge < -0.3 is 29.2 Å². The highest BCUT2D eigenvalue weighted by atomic mass is 35.5. The zero-order valence-electron chi connectivity index (χ0n) is 27.6. The molecule has 6 rings (SSSR count). The summed E-state index contributed by atoms with van der Waals surface area (Å²) in [5.74, 6) is -0.0875. The Morgan fingerprint density at radius 2 is 2.02 bits per heavy atom. The summed E-state index contributed by atoms with van der Waals surface area (Å²) in [6.45, 7) is 5.30. The molecule has 2 bridgehead atoms. The first kappa shape index (κ1) is 34.5. The molecule has 0 saturated heterocycles. The first-order valence-electron chi connectivity index (χ1n) is 16.5. The van der Waals surface area contributed by atoms with Gasteiger partial charge in [-0.25, -0.2) is 17.9 Å². The topological polar surface area (TPSA) is 132 Å². The van der Waals surface area contributed by atoms with Crippen molar-refractivity contribution in [1.82, 2.24) is 10.0 Å². The molecule has 260 valence electrons. The van der Waals surface area contributed by atoms with Crippen LogP contribution in [0.25, 0.3) is 0 Å². The second-order valence-electron chi connectivity index (χ2n) is 13.7. The Bertz CT molecular complexity index is 1680. The lowest BCUT2D eigenvalue weighted by Gasteiger charge is -2.46. The quantitative estimate of drug-likeness (QED) is 0.343. The van der Waals surface area contributed by atoms with Crippen LogP contribution < -0.4 is 19.7 Å². The number of carbonyl (C=O) groups excluding carboxylic acids is 2.